The predicted octanol–water partition coefficient (Wildman–Crippen LogP) is 5.18. The van der Waals surface area contributed by atoms with Crippen molar-refractivity contribution in [1.82, 2.24) is 9.47 Å². The molecule has 0 bridgehead atoms. The normalized spacial score (nSPS) is 18.4. The first-order valence-corrected chi connectivity index (χ1v) is 9.88. The van der Waals surface area contributed by atoms with Gasteiger partial charge < -0.3 is 9.47 Å². The number of carbonyl (C=O) groups excluding carboxylic acids is 1. The number of hydrogen-bond acceptors (Lipinski definition) is 4. The van der Waals surface area contributed by atoms with E-state index in [-0.39, 0.29) is 6.04 Å². The highest BCUT2D eigenvalue weighted by atomic mass is 19.4. The number of hydrogen-bond donors (Lipinski definition) is 0. The molecule has 0 amide bonds. The van der Waals surface area contributed by atoms with Crippen molar-refractivity contribution in [3.63, 3.8) is 0 Å². The maximum absolute atomic E-state index is 12.9. The van der Waals surface area contributed by atoms with Crippen LogP contribution in [0.5, 0.6) is 0 Å². The fourth-order valence-electron chi connectivity index (χ4n) is 3.33. The van der Waals surface area contributed by atoms with Crippen molar-refractivity contribution < 1.29 is 27.4 Å². The molecule has 164 valence electrons. The summed E-state index contributed by atoms with van der Waals surface area (Å²) in [5, 5.41) is 0. The van der Waals surface area contributed by atoms with Gasteiger partial charge in [0, 0.05) is 36.6 Å². The summed E-state index contributed by atoms with van der Waals surface area (Å²) in [5.41, 5.74) is 0.597. The molecule has 0 unspecified atom stereocenters. The minimum Gasteiger partial charge on any atom is -0.443 e. The summed E-state index contributed by atoms with van der Waals surface area (Å²) >= 11 is 0. The zero-order chi connectivity index (χ0) is 22.1. The zero-order valence-corrected chi connectivity index (χ0v) is 17.6. The average Bonchev–Trinajstić information content (AvgIpc) is 3.06. The number of carbonyl (C=O) groups is 1. The third kappa shape index (κ3) is 5.43. The highest BCUT2D eigenvalue weighted by Gasteiger charge is 2.30. The molecular weight excluding hydrogens is 397 g/mol. The van der Waals surface area contributed by atoms with Gasteiger partial charge in [0.2, 0.25) is 0 Å². The van der Waals surface area contributed by atoms with Crippen LogP contribution in [-0.2, 0) is 22.2 Å². The Morgan fingerprint density at radius 2 is 1.83 bits per heavy atom. The monoisotopic (exact) mass is 424 g/mol. The van der Waals surface area contributed by atoms with Crippen molar-refractivity contribution in [3.05, 3.63) is 47.8 Å². The molecule has 1 aliphatic rings. The van der Waals surface area contributed by atoms with E-state index >= 15 is 0 Å². The molecule has 1 aromatic carbocycles. The molecule has 0 N–H and O–H groups in total. The molecule has 3 rings (SSSR count). The zero-order valence-electron chi connectivity index (χ0n) is 17.6. The Kier molecular flexibility index (Phi) is 6.29. The number of halogens is 3. The summed E-state index contributed by atoms with van der Waals surface area (Å²) in [6, 6.07) is 6.94. The molecule has 1 aliphatic heterocycles. The third-order valence-electron chi connectivity index (χ3n) is 4.91. The molecule has 30 heavy (non-hydrogen) atoms. The average molecular weight is 424 g/mol. The van der Waals surface area contributed by atoms with Crippen LogP contribution in [0, 0.1) is 0 Å². The molecule has 2 heterocycles. The number of morpholine rings is 1. The molecule has 2 aromatic rings. The Bertz CT molecular complexity index is 883. The van der Waals surface area contributed by atoms with Crippen molar-refractivity contribution >= 4 is 6.09 Å². The van der Waals surface area contributed by atoms with Gasteiger partial charge in [-0.15, -0.1) is 0 Å². The summed E-state index contributed by atoms with van der Waals surface area (Å²) in [6.07, 6.45) is -3.29. The van der Waals surface area contributed by atoms with Crippen molar-refractivity contribution in [2.45, 2.75) is 52.1 Å². The number of alkyl halides is 3. The molecule has 0 aliphatic carbocycles. The Balaban J connectivity index is 1.93. The third-order valence-corrected chi connectivity index (χ3v) is 4.91. The van der Waals surface area contributed by atoms with Crippen molar-refractivity contribution in [3.8, 4) is 11.1 Å². The summed E-state index contributed by atoms with van der Waals surface area (Å²) in [5.74, 6) is 0. The van der Waals surface area contributed by atoms with Gasteiger partial charge in [-0.2, -0.15) is 13.2 Å². The molecule has 1 aromatic heterocycles. The fourth-order valence-corrected chi connectivity index (χ4v) is 3.33. The molecule has 1 atom stereocenters. The van der Waals surface area contributed by atoms with Gasteiger partial charge in [-0.1, -0.05) is 12.1 Å². The lowest BCUT2D eigenvalue weighted by Gasteiger charge is -2.33. The molecule has 1 saturated heterocycles. The predicted molar refractivity (Wildman–Crippen MR) is 107 cm³/mol. The minimum absolute atomic E-state index is 0.190. The topological polar surface area (TPSA) is 43.7 Å². The van der Waals surface area contributed by atoms with Crippen LogP contribution < -0.4 is 0 Å². The first-order valence-electron chi connectivity index (χ1n) is 9.88. The van der Waals surface area contributed by atoms with Crippen LogP contribution in [0.3, 0.4) is 0 Å². The number of rotatable bonds is 3. The number of aromatic nitrogens is 1. The van der Waals surface area contributed by atoms with E-state index in [1.807, 2.05) is 6.07 Å². The van der Waals surface area contributed by atoms with E-state index in [9.17, 15) is 18.0 Å². The first kappa shape index (κ1) is 22.4. The Hall–Kier alpha value is -2.32. The van der Waals surface area contributed by atoms with Gasteiger partial charge in [0.25, 0.3) is 0 Å². The van der Waals surface area contributed by atoms with E-state index < -0.39 is 23.4 Å². The molecule has 1 fully saturated rings. The van der Waals surface area contributed by atoms with E-state index in [1.54, 1.807) is 27.0 Å². The molecule has 8 heteroatoms. The Morgan fingerprint density at radius 1 is 1.17 bits per heavy atom. The van der Waals surface area contributed by atoms with Crippen molar-refractivity contribution in [2.24, 2.45) is 0 Å². The van der Waals surface area contributed by atoms with E-state index in [0.717, 1.165) is 18.7 Å². The summed E-state index contributed by atoms with van der Waals surface area (Å²) in [7, 11) is 0. The highest BCUT2D eigenvalue weighted by Crippen LogP contribution is 2.32. The standard InChI is InChI=1S/C22H27F3N2O3/c1-15-14-29-10-9-26(15)13-19-11-17(12-27(19)20(28)30-21(2,3)4)16-5-7-18(8-6-16)22(23,24)25/h5-8,11-12,15H,9-10,13-14H2,1-4H3/t15-/m1/s1. The van der Waals surface area contributed by atoms with Crippen LogP contribution in [0.2, 0.25) is 0 Å². The van der Waals surface area contributed by atoms with Gasteiger partial charge in [0.15, 0.2) is 0 Å². The maximum atomic E-state index is 12.9. The second-order valence-electron chi connectivity index (χ2n) is 8.54. The molecule has 0 spiro atoms. The van der Waals surface area contributed by atoms with Crippen LogP contribution in [0.25, 0.3) is 11.1 Å². The van der Waals surface area contributed by atoms with Crippen molar-refractivity contribution in [2.75, 3.05) is 19.8 Å². The smallest absolute Gasteiger partial charge is 0.418 e. The quantitative estimate of drug-likeness (QED) is 0.681. The number of nitrogens with zero attached hydrogens (tertiary/aromatic N) is 2. The lowest BCUT2D eigenvalue weighted by Crippen LogP contribution is -2.43. The lowest BCUT2D eigenvalue weighted by atomic mass is 10.1. The first-order chi connectivity index (χ1) is 13.9. The van der Waals surface area contributed by atoms with Crippen LogP contribution in [0.1, 0.15) is 39.0 Å². The summed E-state index contributed by atoms with van der Waals surface area (Å²) in [4.78, 5) is 15.0. The van der Waals surface area contributed by atoms with Gasteiger partial charge in [-0.25, -0.2) is 4.79 Å². The molecule has 0 radical (unpaired) electrons. The minimum atomic E-state index is -4.39. The van der Waals surface area contributed by atoms with E-state index in [2.05, 4.69) is 11.8 Å². The van der Waals surface area contributed by atoms with Crippen LogP contribution in [0.4, 0.5) is 18.0 Å². The maximum Gasteiger partial charge on any atom is 0.418 e. The van der Waals surface area contributed by atoms with Gasteiger partial charge >= 0.3 is 12.3 Å². The largest absolute Gasteiger partial charge is 0.443 e. The molecule has 0 saturated carbocycles. The van der Waals surface area contributed by atoms with E-state index in [1.165, 1.54) is 16.7 Å². The van der Waals surface area contributed by atoms with Crippen LogP contribution >= 0.6 is 0 Å². The van der Waals surface area contributed by atoms with E-state index in [0.29, 0.717) is 36.6 Å². The van der Waals surface area contributed by atoms with Crippen molar-refractivity contribution in [1.29, 1.82) is 0 Å². The Labute approximate surface area is 174 Å². The summed E-state index contributed by atoms with van der Waals surface area (Å²) < 4.78 is 51.1. The molecular formula is C22H27F3N2O3. The fraction of sp³-hybridized carbons (Fsp3) is 0.500. The van der Waals surface area contributed by atoms with E-state index in [4.69, 9.17) is 9.47 Å². The summed E-state index contributed by atoms with van der Waals surface area (Å²) in [6.45, 7) is 9.87. The van der Waals surface area contributed by atoms with Crippen LogP contribution in [-0.4, -0.2) is 47.0 Å². The second-order valence-corrected chi connectivity index (χ2v) is 8.54. The van der Waals surface area contributed by atoms with Crippen LogP contribution in [0.15, 0.2) is 36.5 Å². The number of benzene rings is 1. The Morgan fingerprint density at radius 3 is 2.40 bits per heavy atom. The van der Waals surface area contributed by atoms with Gasteiger partial charge in [-0.3, -0.25) is 9.47 Å². The second kappa shape index (κ2) is 8.43. The van der Waals surface area contributed by atoms with Gasteiger partial charge in [0.1, 0.15) is 5.60 Å². The SMILES string of the molecule is C[C@@H]1COCCN1Cc1cc(-c2ccc(C(F)(F)F)cc2)cn1C(=O)OC(C)(C)C. The lowest BCUT2D eigenvalue weighted by molar-refractivity contribution is -0.137. The highest BCUT2D eigenvalue weighted by molar-refractivity contribution is 5.76. The van der Waals surface area contributed by atoms with Gasteiger partial charge in [0.05, 0.1) is 18.8 Å². The molecule has 5 nitrogen and oxygen atoms in total. The van der Waals surface area contributed by atoms with Gasteiger partial charge in [-0.05, 0) is 51.5 Å². The number of ether oxygens (including phenoxy) is 2.